The highest BCUT2D eigenvalue weighted by atomic mass is 32.1. The van der Waals surface area contributed by atoms with Crippen LogP contribution in [-0.2, 0) is 11.2 Å². The fourth-order valence-electron chi connectivity index (χ4n) is 2.68. The molecule has 1 N–H and O–H groups in total. The lowest BCUT2D eigenvalue weighted by atomic mass is 10.1. The molecule has 0 bridgehead atoms. The normalized spacial score (nSPS) is 17.4. The largest absolute Gasteiger partial charge is 0.381 e. The number of rotatable bonds is 5. The molecule has 0 aliphatic carbocycles. The van der Waals surface area contributed by atoms with Crippen LogP contribution in [0.2, 0.25) is 0 Å². The molecule has 2 aromatic rings. The van der Waals surface area contributed by atoms with Gasteiger partial charge in [0.2, 0.25) is 0 Å². The van der Waals surface area contributed by atoms with Crippen LogP contribution in [0.1, 0.15) is 34.3 Å². The van der Waals surface area contributed by atoms with E-state index in [0.29, 0.717) is 17.3 Å². The fourth-order valence-corrected chi connectivity index (χ4v) is 3.66. The molecule has 0 saturated carbocycles. The summed E-state index contributed by atoms with van der Waals surface area (Å²) in [7, 11) is 0. The number of thiazole rings is 1. The number of amides is 1. The second kappa shape index (κ2) is 7.23. The molecule has 1 atom stereocenters. The van der Waals surface area contributed by atoms with Crippen molar-refractivity contribution >= 4 is 17.2 Å². The van der Waals surface area contributed by atoms with Gasteiger partial charge in [-0.2, -0.15) is 0 Å². The van der Waals surface area contributed by atoms with Crippen LogP contribution in [0.15, 0.2) is 24.3 Å². The Bertz CT molecular complexity index is 673. The Morgan fingerprint density at radius 2 is 2.17 bits per heavy atom. The first-order valence-corrected chi connectivity index (χ1v) is 8.91. The lowest BCUT2D eigenvalue weighted by Gasteiger charge is -2.08. The molecule has 5 heteroatoms. The zero-order valence-electron chi connectivity index (χ0n) is 13.6. The summed E-state index contributed by atoms with van der Waals surface area (Å²) in [5.74, 6) is 0.413. The van der Waals surface area contributed by atoms with Crippen molar-refractivity contribution < 1.29 is 9.53 Å². The highest BCUT2D eigenvalue weighted by molar-refractivity contribution is 7.17. The summed E-state index contributed by atoms with van der Waals surface area (Å²) in [6, 6.07) is 8.39. The zero-order valence-corrected chi connectivity index (χ0v) is 14.4. The van der Waals surface area contributed by atoms with Gasteiger partial charge in [0, 0.05) is 24.6 Å². The number of carbonyl (C=O) groups is 1. The summed E-state index contributed by atoms with van der Waals surface area (Å²) < 4.78 is 5.34. The minimum atomic E-state index is -0.0247. The summed E-state index contributed by atoms with van der Waals surface area (Å²) >= 11 is 1.46. The van der Waals surface area contributed by atoms with Crippen LogP contribution in [0.3, 0.4) is 0 Å². The first-order chi connectivity index (χ1) is 11.2. The van der Waals surface area contributed by atoms with Crippen molar-refractivity contribution in [1.82, 2.24) is 10.3 Å². The first kappa shape index (κ1) is 16.1. The van der Waals surface area contributed by atoms with Crippen molar-refractivity contribution in [2.45, 2.75) is 26.7 Å². The summed E-state index contributed by atoms with van der Waals surface area (Å²) in [6.07, 6.45) is 2.05. The minimum Gasteiger partial charge on any atom is -0.381 e. The third-order valence-electron chi connectivity index (χ3n) is 4.19. The number of ether oxygens (including phenoxy) is 1. The van der Waals surface area contributed by atoms with Gasteiger partial charge in [-0.25, -0.2) is 4.98 Å². The smallest absolute Gasteiger partial charge is 0.263 e. The maximum absolute atomic E-state index is 12.4. The molecule has 23 heavy (non-hydrogen) atoms. The first-order valence-electron chi connectivity index (χ1n) is 8.10. The molecule has 1 saturated heterocycles. The Balaban J connectivity index is 1.70. The van der Waals surface area contributed by atoms with Crippen LogP contribution >= 0.6 is 11.3 Å². The van der Waals surface area contributed by atoms with Crippen LogP contribution in [0.5, 0.6) is 0 Å². The van der Waals surface area contributed by atoms with E-state index in [1.165, 1.54) is 16.9 Å². The van der Waals surface area contributed by atoms with Gasteiger partial charge in [0.05, 0.1) is 12.3 Å². The van der Waals surface area contributed by atoms with E-state index in [9.17, 15) is 4.79 Å². The van der Waals surface area contributed by atoms with E-state index in [-0.39, 0.29) is 5.91 Å². The lowest BCUT2D eigenvalue weighted by molar-refractivity contribution is 0.0948. The van der Waals surface area contributed by atoms with Crippen molar-refractivity contribution in [3.8, 4) is 10.6 Å². The predicted octanol–water partition coefficient (Wildman–Crippen LogP) is 3.45. The van der Waals surface area contributed by atoms with Gasteiger partial charge in [0.15, 0.2) is 0 Å². The number of aromatic nitrogens is 1. The molecule has 1 fully saturated rings. The molecule has 0 radical (unpaired) electrons. The molecule has 0 spiro atoms. The van der Waals surface area contributed by atoms with Crippen LogP contribution in [0.25, 0.3) is 10.6 Å². The van der Waals surface area contributed by atoms with E-state index >= 15 is 0 Å². The predicted molar refractivity (Wildman–Crippen MR) is 92.9 cm³/mol. The topological polar surface area (TPSA) is 51.2 Å². The number of benzene rings is 1. The van der Waals surface area contributed by atoms with Gasteiger partial charge < -0.3 is 10.1 Å². The van der Waals surface area contributed by atoms with Gasteiger partial charge in [-0.1, -0.05) is 31.2 Å². The number of hydrogen-bond acceptors (Lipinski definition) is 4. The summed E-state index contributed by atoms with van der Waals surface area (Å²) in [6.45, 7) is 6.26. The summed E-state index contributed by atoms with van der Waals surface area (Å²) in [5.41, 5.74) is 3.17. The Labute approximate surface area is 140 Å². The Morgan fingerprint density at radius 3 is 2.83 bits per heavy atom. The number of hydrogen-bond donors (Lipinski definition) is 1. The second-order valence-electron chi connectivity index (χ2n) is 5.92. The van der Waals surface area contributed by atoms with E-state index in [0.717, 1.165) is 42.3 Å². The fraction of sp³-hybridized carbons (Fsp3) is 0.444. The third-order valence-corrected chi connectivity index (χ3v) is 5.39. The summed E-state index contributed by atoms with van der Waals surface area (Å²) in [5, 5.41) is 3.92. The number of nitrogens with one attached hydrogen (secondary N) is 1. The van der Waals surface area contributed by atoms with Crippen LogP contribution < -0.4 is 5.32 Å². The number of carbonyl (C=O) groups excluding carboxylic acids is 1. The summed E-state index contributed by atoms with van der Waals surface area (Å²) in [4.78, 5) is 17.7. The third kappa shape index (κ3) is 3.79. The molecule has 122 valence electrons. The number of nitrogens with zero attached hydrogens (tertiary/aromatic N) is 1. The molecule has 1 aliphatic heterocycles. The SMILES string of the molecule is CCc1ccc(-c2nc(C)c(C(=O)NC[C@H]3CCOC3)s2)cc1. The monoisotopic (exact) mass is 330 g/mol. The molecule has 0 unspecified atom stereocenters. The van der Waals surface area contributed by atoms with Gasteiger partial charge in [-0.15, -0.1) is 11.3 Å². The Hall–Kier alpha value is -1.72. The van der Waals surface area contributed by atoms with Gasteiger partial charge in [-0.05, 0) is 25.3 Å². The maximum Gasteiger partial charge on any atom is 0.263 e. The molecular formula is C18H22N2O2S. The van der Waals surface area contributed by atoms with Crippen molar-refractivity contribution in [2.75, 3.05) is 19.8 Å². The van der Waals surface area contributed by atoms with E-state index < -0.39 is 0 Å². The molecule has 1 aliphatic rings. The van der Waals surface area contributed by atoms with Crippen molar-refractivity contribution in [3.05, 3.63) is 40.4 Å². The highest BCUT2D eigenvalue weighted by Gasteiger charge is 2.19. The van der Waals surface area contributed by atoms with Crippen molar-refractivity contribution in [3.63, 3.8) is 0 Å². The highest BCUT2D eigenvalue weighted by Crippen LogP contribution is 2.28. The van der Waals surface area contributed by atoms with E-state index in [1.807, 2.05) is 6.92 Å². The van der Waals surface area contributed by atoms with E-state index in [1.54, 1.807) is 0 Å². The van der Waals surface area contributed by atoms with Crippen LogP contribution in [0, 0.1) is 12.8 Å². The molecule has 2 heterocycles. The van der Waals surface area contributed by atoms with Gasteiger partial charge in [0.1, 0.15) is 9.88 Å². The average molecular weight is 330 g/mol. The van der Waals surface area contributed by atoms with Crippen molar-refractivity contribution in [2.24, 2.45) is 5.92 Å². The van der Waals surface area contributed by atoms with Gasteiger partial charge in [-0.3, -0.25) is 4.79 Å². The average Bonchev–Trinajstić information content (AvgIpc) is 3.22. The quantitative estimate of drug-likeness (QED) is 0.913. The van der Waals surface area contributed by atoms with Gasteiger partial charge in [0.25, 0.3) is 5.91 Å². The van der Waals surface area contributed by atoms with E-state index in [4.69, 9.17) is 4.74 Å². The number of aryl methyl sites for hydroxylation is 2. The van der Waals surface area contributed by atoms with E-state index in [2.05, 4.69) is 41.5 Å². The van der Waals surface area contributed by atoms with Gasteiger partial charge >= 0.3 is 0 Å². The van der Waals surface area contributed by atoms with Crippen molar-refractivity contribution in [1.29, 1.82) is 0 Å². The molecule has 3 rings (SSSR count). The molecule has 1 aromatic carbocycles. The van der Waals surface area contributed by atoms with Crippen LogP contribution in [0.4, 0.5) is 0 Å². The molecule has 1 amide bonds. The Kier molecular flexibility index (Phi) is 5.08. The minimum absolute atomic E-state index is 0.0247. The molecular weight excluding hydrogens is 308 g/mol. The second-order valence-corrected chi connectivity index (χ2v) is 6.92. The standard InChI is InChI=1S/C18H22N2O2S/c1-3-13-4-6-15(7-5-13)18-20-12(2)16(23-18)17(21)19-10-14-8-9-22-11-14/h4-7,14H,3,8-11H2,1-2H3,(H,19,21)/t14-/m1/s1. The molecule has 1 aromatic heterocycles. The maximum atomic E-state index is 12.4. The Morgan fingerprint density at radius 1 is 1.39 bits per heavy atom. The van der Waals surface area contributed by atoms with Crippen LogP contribution in [-0.4, -0.2) is 30.6 Å². The zero-order chi connectivity index (χ0) is 16.2. The lowest BCUT2D eigenvalue weighted by Crippen LogP contribution is -2.29. The molecule has 4 nitrogen and oxygen atoms in total.